The lowest BCUT2D eigenvalue weighted by atomic mass is 9.82. The molecule has 2 saturated heterocycles. The number of ketones is 2. The van der Waals surface area contributed by atoms with E-state index in [2.05, 4.69) is 0 Å². The smallest absolute Gasteiger partial charge is 0.329 e. The summed E-state index contributed by atoms with van der Waals surface area (Å²) in [6.07, 6.45) is 4.99. The van der Waals surface area contributed by atoms with E-state index in [1.165, 1.54) is 19.1 Å². The van der Waals surface area contributed by atoms with Gasteiger partial charge in [0, 0.05) is 46.1 Å². The van der Waals surface area contributed by atoms with Crippen molar-refractivity contribution in [2.24, 2.45) is 23.7 Å². The van der Waals surface area contributed by atoms with Gasteiger partial charge in [-0.05, 0) is 87.7 Å². The molecule has 2 aliphatic heterocycles. The molecule has 1 saturated carbocycles. The van der Waals surface area contributed by atoms with Gasteiger partial charge in [0.15, 0.2) is 5.78 Å². The molecule has 13 heteroatoms. The number of Topliss-reactive ketones (excluding diaryl/α,β-unsaturated/α-hetero) is 2. The highest BCUT2D eigenvalue weighted by atomic mass is 16.7. The average Bonchev–Trinajstić information content (AvgIpc) is 3.21. The number of amides is 1. The molecule has 1 amide bonds. The van der Waals surface area contributed by atoms with E-state index in [-0.39, 0.29) is 49.5 Å². The Hall–Kier alpha value is -2.52. The first-order chi connectivity index (χ1) is 27.0. The van der Waals surface area contributed by atoms with Crippen LogP contribution in [-0.2, 0) is 42.9 Å². The van der Waals surface area contributed by atoms with Gasteiger partial charge in [-0.2, -0.15) is 0 Å². The SMILES string of the molecule is CCCC(OC)C1OC(O)(C(=O)C(=O)N2CCCCC2C(=O)OC(C(C)=CC2CCC(O)C(OC)C2)C(C)C(O)CC(=O)C(=CC(C)CC)CC)C(C)CC1OC. The van der Waals surface area contributed by atoms with Crippen molar-refractivity contribution < 1.29 is 58.2 Å². The van der Waals surface area contributed by atoms with E-state index in [0.717, 1.165) is 12.8 Å². The monoisotopic (exact) mass is 808 g/mol. The molecule has 3 N–H and O–H groups in total. The summed E-state index contributed by atoms with van der Waals surface area (Å²) < 4.78 is 29.2. The van der Waals surface area contributed by atoms with E-state index < -0.39 is 77.9 Å². The minimum atomic E-state index is -2.48. The zero-order chi connectivity index (χ0) is 42.6. The molecule has 326 valence electrons. The molecule has 0 aromatic rings. The third-order valence-electron chi connectivity index (χ3n) is 12.7. The summed E-state index contributed by atoms with van der Waals surface area (Å²) in [5.74, 6) is -6.93. The zero-order valence-electron chi connectivity index (χ0n) is 36.2. The Balaban J connectivity index is 1.92. The number of aliphatic hydroxyl groups is 3. The summed E-state index contributed by atoms with van der Waals surface area (Å²) in [4.78, 5) is 57.1. The summed E-state index contributed by atoms with van der Waals surface area (Å²) >= 11 is 0. The van der Waals surface area contributed by atoms with E-state index in [4.69, 9.17) is 23.7 Å². The van der Waals surface area contributed by atoms with Crippen LogP contribution >= 0.6 is 0 Å². The van der Waals surface area contributed by atoms with E-state index in [1.807, 2.05) is 46.8 Å². The van der Waals surface area contributed by atoms with Crippen molar-refractivity contribution in [1.82, 2.24) is 4.90 Å². The van der Waals surface area contributed by atoms with Gasteiger partial charge in [-0.1, -0.05) is 66.5 Å². The highest BCUT2D eigenvalue weighted by Gasteiger charge is 2.56. The van der Waals surface area contributed by atoms with Gasteiger partial charge >= 0.3 is 5.97 Å². The van der Waals surface area contributed by atoms with Crippen molar-refractivity contribution in [3.8, 4) is 0 Å². The maximum atomic E-state index is 14.3. The second-order valence-corrected chi connectivity index (χ2v) is 16.8. The van der Waals surface area contributed by atoms with Crippen LogP contribution in [0.15, 0.2) is 23.3 Å². The number of ether oxygens (including phenoxy) is 5. The van der Waals surface area contributed by atoms with Crippen LogP contribution in [0.3, 0.4) is 0 Å². The largest absolute Gasteiger partial charge is 0.456 e. The Labute approximate surface area is 340 Å². The van der Waals surface area contributed by atoms with Crippen molar-refractivity contribution in [3.05, 3.63) is 23.3 Å². The number of esters is 1. The maximum Gasteiger partial charge on any atom is 0.329 e. The first-order valence-electron chi connectivity index (χ1n) is 21.3. The third-order valence-corrected chi connectivity index (χ3v) is 12.7. The van der Waals surface area contributed by atoms with Gasteiger partial charge in [-0.3, -0.25) is 14.4 Å². The first kappa shape index (κ1) is 48.8. The van der Waals surface area contributed by atoms with Crippen molar-refractivity contribution in [1.29, 1.82) is 0 Å². The predicted octanol–water partition coefficient (Wildman–Crippen LogP) is 5.25. The molecule has 0 radical (unpaired) electrons. The Kier molecular flexibility index (Phi) is 19.5. The van der Waals surface area contributed by atoms with Crippen LogP contribution in [0.5, 0.6) is 0 Å². The fourth-order valence-electron chi connectivity index (χ4n) is 8.68. The van der Waals surface area contributed by atoms with Crippen molar-refractivity contribution >= 4 is 23.4 Å². The molecule has 0 bridgehead atoms. The lowest BCUT2D eigenvalue weighted by Gasteiger charge is -2.46. The van der Waals surface area contributed by atoms with Crippen molar-refractivity contribution in [2.45, 2.75) is 180 Å². The molecule has 0 aromatic carbocycles. The summed E-state index contributed by atoms with van der Waals surface area (Å²) in [5, 5.41) is 33.8. The Morgan fingerprint density at radius 1 is 0.982 bits per heavy atom. The molecule has 1 aliphatic carbocycles. The third kappa shape index (κ3) is 12.3. The summed E-state index contributed by atoms with van der Waals surface area (Å²) in [6, 6.07) is -1.14. The Morgan fingerprint density at radius 3 is 2.26 bits per heavy atom. The number of nitrogens with zero attached hydrogens (tertiary/aromatic N) is 1. The highest BCUT2D eigenvalue weighted by molar-refractivity contribution is 6.39. The number of carbonyl (C=O) groups excluding carboxylic acids is 4. The van der Waals surface area contributed by atoms with E-state index in [1.54, 1.807) is 21.0 Å². The molecular weight excluding hydrogens is 734 g/mol. The lowest BCUT2D eigenvalue weighted by Crippen LogP contribution is -2.64. The zero-order valence-corrected chi connectivity index (χ0v) is 36.2. The summed E-state index contributed by atoms with van der Waals surface area (Å²) in [6.45, 7) is 13.2. The van der Waals surface area contributed by atoms with Crippen LogP contribution in [0.25, 0.3) is 0 Å². The Morgan fingerprint density at radius 2 is 1.67 bits per heavy atom. The minimum absolute atomic E-state index is 0.00384. The second kappa shape index (κ2) is 22.7. The number of hydrogen-bond donors (Lipinski definition) is 3. The molecule has 3 aliphatic rings. The number of carbonyl (C=O) groups is 4. The molecule has 13 unspecified atom stereocenters. The van der Waals surface area contributed by atoms with Crippen LogP contribution in [-0.4, -0.2) is 126 Å². The number of aliphatic hydroxyl groups excluding tert-OH is 2. The molecule has 3 fully saturated rings. The molecule has 57 heavy (non-hydrogen) atoms. The topological polar surface area (TPSA) is 178 Å². The lowest BCUT2D eigenvalue weighted by molar-refractivity contribution is -0.302. The van der Waals surface area contributed by atoms with E-state index in [0.29, 0.717) is 56.1 Å². The minimum Gasteiger partial charge on any atom is -0.456 e. The van der Waals surface area contributed by atoms with Gasteiger partial charge < -0.3 is 43.9 Å². The number of rotatable bonds is 20. The van der Waals surface area contributed by atoms with Crippen LogP contribution in [0.4, 0.5) is 0 Å². The normalized spacial score (nSPS) is 31.5. The molecule has 2 heterocycles. The van der Waals surface area contributed by atoms with E-state index >= 15 is 0 Å². The van der Waals surface area contributed by atoms with Crippen LogP contribution in [0, 0.1) is 23.7 Å². The standard InChI is InChI=1S/C44H73NO12/c1-11-16-36(53-8)40-38(55-10)23-28(6)44(52,57-40)41(49)42(50)45-20-15-14-17-32(45)43(51)56-39(27(5)22-30-18-19-33(46)37(24-30)54-9)29(7)34(47)25-35(48)31(13-3)21-26(4)12-2/h21-22,26,28-30,32-34,36-40,46-47,52H,11-20,23-25H2,1-10H3. The molecule has 3 rings (SSSR count). The fourth-order valence-corrected chi connectivity index (χ4v) is 8.68. The van der Waals surface area contributed by atoms with Crippen LogP contribution < -0.4 is 0 Å². The van der Waals surface area contributed by atoms with Gasteiger partial charge in [0.2, 0.25) is 5.79 Å². The summed E-state index contributed by atoms with van der Waals surface area (Å²) in [7, 11) is 4.61. The average molecular weight is 808 g/mol. The quantitative estimate of drug-likeness (QED) is 0.0631. The first-order valence-corrected chi connectivity index (χ1v) is 21.3. The number of methoxy groups -OCH3 is 3. The molecule has 13 atom stereocenters. The summed E-state index contributed by atoms with van der Waals surface area (Å²) in [5.41, 5.74) is 1.31. The van der Waals surface area contributed by atoms with E-state index in [9.17, 15) is 34.5 Å². The fraction of sp³-hybridized carbons (Fsp3) is 0.818. The number of hydrogen-bond acceptors (Lipinski definition) is 12. The molecule has 0 spiro atoms. The number of piperidine rings is 1. The van der Waals surface area contributed by atoms with Crippen molar-refractivity contribution in [3.63, 3.8) is 0 Å². The predicted molar refractivity (Wildman–Crippen MR) is 215 cm³/mol. The highest BCUT2D eigenvalue weighted by Crippen LogP contribution is 2.38. The Bertz CT molecular complexity index is 1390. The second-order valence-electron chi connectivity index (χ2n) is 16.8. The number of likely N-dealkylation sites (tertiary alicyclic amines) is 1. The molecule has 0 aromatic heterocycles. The van der Waals surface area contributed by atoms with Gasteiger partial charge in [0.1, 0.15) is 18.2 Å². The van der Waals surface area contributed by atoms with Gasteiger partial charge in [0.05, 0.1) is 30.5 Å². The van der Waals surface area contributed by atoms with Gasteiger partial charge in [-0.15, -0.1) is 0 Å². The van der Waals surface area contributed by atoms with Gasteiger partial charge in [-0.25, -0.2) is 4.79 Å². The number of allylic oxidation sites excluding steroid dienone is 3. The molecule has 13 nitrogen and oxygen atoms in total. The molecular formula is C44H73NO12. The van der Waals surface area contributed by atoms with Crippen LogP contribution in [0.1, 0.15) is 126 Å². The van der Waals surface area contributed by atoms with Gasteiger partial charge in [0.25, 0.3) is 11.7 Å². The van der Waals surface area contributed by atoms with Crippen molar-refractivity contribution in [2.75, 3.05) is 27.9 Å². The van der Waals surface area contributed by atoms with Crippen LogP contribution in [0.2, 0.25) is 0 Å². The maximum absolute atomic E-state index is 14.3.